The number of nitrogens with zero attached hydrogens (tertiary/aromatic N) is 2. The van der Waals surface area contributed by atoms with Crippen LogP contribution in [-0.4, -0.2) is 23.1 Å². The van der Waals surface area contributed by atoms with Crippen molar-refractivity contribution >= 4 is 11.8 Å². The van der Waals surface area contributed by atoms with Gasteiger partial charge in [0, 0.05) is 17.9 Å². The third-order valence-electron chi connectivity index (χ3n) is 3.29. The Kier molecular flexibility index (Phi) is 5.59. The van der Waals surface area contributed by atoms with Crippen LogP contribution in [0.25, 0.3) is 0 Å². The summed E-state index contributed by atoms with van der Waals surface area (Å²) in [6, 6.07) is 9.96. The summed E-state index contributed by atoms with van der Waals surface area (Å²) in [5.74, 6) is 0.839. The molecule has 0 radical (unpaired) electrons. The smallest absolute Gasteiger partial charge is 0.188 e. The lowest BCUT2D eigenvalue weighted by molar-refractivity contribution is 0.414. The first kappa shape index (κ1) is 15.8. The van der Waals surface area contributed by atoms with Gasteiger partial charge in [0.25, 0.3) is 0 Å². The molecule has 0 saturated heterocycles. The summed E-state index contributed by atoms with van der Waals surface area (Å²) < 4.78 is 5.31. The SMILES string of the molecule is CCC(N)C(Sc1nccc(C)n1)c1cccc(OC)c1. The van der Waals surface area contributed by atoms with Gasteiger partial charge in [-0.2, -0.15) is 0 Å². The highest BCUT2D eigenvalue weighted by molar-refractivity contribution is 7.99. The highest BCUT2D eigenvalue weighted by atomic mass is 32.2. The molecule has 4 nitrogen and oxygen atoms in total. The van der Waals surface area contributed by atoms with Crippen molar-refractivity contribution < 1.29 is 4.74 Å². The first-order valence-electron chi connectivity index (χ1n) is 7.00. The fraction of sp³-hybridized carbons (Fsp3) is 0.375. The average Bonchev–Trinajstić information content (AvgIpc) is 2.52. The number of hydrogen-bond donors (Lipinski definition) is 1. The van der Waals surface area contributed by atoms with Crippen molar-refractivity contribution in [1.29, 1.82) is 0 Å². The molecule has 2 atom stereocenters. The molecule has 0 aliphatic rings. The molecule has 0 aliphatic heterocycles. The Bertz CT molecular complexity index is 591. The molecule has 112 valence electrons. The maximum atomic E-state index is 6.31. The van der Waals surface area contributed by atoms with Gasteiger partial charge in [-0.15, -0.1) is 0 Å². The fourth-order valence-corrected chi connectivity index (χ4v) is 3.23. The van der Waals surface area contributed by atoms with Crippen LogP contribution >= 0.6 is 11.8 Å². The van der Waals surface area contributed by atoms with Crippen LogP contribution in [0.5, 0.6) is 5.75 Å². The second kappa shape index (κ2) is 7.43. The molecule has 0 amide bonds. The minimum atomic E-state index is 0.0335. The zero-order valence-electron chi connectivity index (χ0n) is 12.6. The molecule has 1 aromatic heterocycles. The Hall–Kier alpha value is -1.59. The standard InChI is InChI=1S/C16H21N3OS/c1-4-14(17)15(12-6-5-7-13(10-12)20-3)21-16-18-9-8-11(2)19-16/h5-10,14-15H,4,17H2,1-3H3. The summed E-state index contributed by atoms with van der Waals surface area (Å²) >= 11 is 1.61. The fourth-order valence-electron chi connectivity index (χ4n) is 2.03. The molecule has 2 rings (SSSR count). The van der Waals surface area contributed by atoms with Crippen molar-refractivity contribution in [3.05, 3.63) is 47.8 Å². The van der Waals surface area contributed by atoms with Crippen LogP contribution in [0.4, 0.5) is 0 Å². The molecule has 5 heteroatoms. The highest BCUT2D eigenvalue weighted by Gasteiger charge is 2.21. The number of methoxy groups -OCH3 is 1. The second-order valence-electron chi connectivity index (χ2n) is 4.87. The lowest BCUT2D eigenvalue weighted by Crippen LogP contribution is -2.25. The topological polar surface area (TPSA) is 61.0 Å². The highest BCUT2D eigenvalue weighted by Crippen LogP contribution is 2.37. The summed E-state index contributed by atoms with van der Waals surface area (Å²) in [7, 11) is 1.67. The van der Waals surface area contributed by atoms with Crippen LogP contribution in [0, 0.1) is 6.92 Å². The predicted octanol–water partition coefficient (Wildman–Crippen LogP) is 3.36. The van der Waals surface area contributed by atoms with E-state index in [9.17, 15) is 0 Å². The van der Waals surface area contributed by atoms with Crippen LogP contribution < -0.4 is 10.5 Å². The molecular weight excluding hydrogens is 282 g/mol. The van der Waals surface area contributed by atoms with Crippen LogP contribution in [0.15, 0.2) is 41.7 Å². The molecule has 0 spiro atoms. The molecule has 2 aromatic rings. The summed E-state index contributed by atoms with van der Waals surface area (Å²) in [6.07, 6.45) is 2.67. The van der Waals surface area contributed by atoms with E-state index in [1.807, 2.05) is 31.2 Å². The minimum Gasteiger partial charge on any atom is -0.497 e. The largest absolute Gasteiger partial charge is 0.497 e. The first-order valence-corrected chi connectivity index (χ1v) is 7.87. The van der Waals surface area contributed by atoms with Gasteiger partial charge in [0.1, 0.15) is 5.75 Å². The van der Waals surface area contributed by atoms with E-state index in [2.05, 4.69) is 23.0 Å². The number of hydrogen-bond acceptors (Lipinski definition) is 5. The van der Waals surface area contributed by atoms with Gasteiger partial charge in [0.15, 0.2) is 5.16 Å². The van der Waals surface area contributed by atoms with Crippen molar-refractivity contribution in [3.8, 4) is 5.75 Å². The Morgan fingerprint density at radius 2 is 2.14 bits per heavy atom. The van der Waals surface area contributed by atoms with Crippen LogP contribution in [-0.2, 0) is 0 Å². The molecular formula is C16H21N3OS. The molecule has 0 bridgehead atoms. The van der Waals surface area contributed by atoms with Crippen molar-refractivity contribution in [3.63, 3.8) is 0 Å². The van der Waals surface area contributed by atoms with E-state index in [4.69, 9.17) is 10.5 Å². The molecule has 2 unspecified atom stereocenters. The van der Waals surface area contributed by atoms with Crippen molar-refractivity contribution in [1.82, 2.24) is 9.97 Å². The second-order valence-corrected chi connectivity index (χ2v) is 5.98. The van der Waals surface area contributed by atoms with E-state index < -0.39 is 0 Å². The van der Waals surface area contributed by atoms with E-state index in [-0.39, 0.29) is 11.3 Å². The van der Waals surface area contributed by atoms with Crippen LogP contribution in [0.1, 0.15) is 29.9 Å². The third kappa shape index (κ3) is 4.19. The molecule has 1 aromatic carbocycles. The Labute approximate surface area is 130 Å². The summed E-state index contributed by atoms with van der Waals surface area (Å²) in [6.45, 7) is 4.06. The van der Waals surface area contributed by atoms with Gasteiger partial charge in [-0.05, 0) is 37.1 Å². The number of aromatic nitrogens is 2. The molecule has 0 fully saturated rings. The predicted molar refractivity (Wildman–Crippen MR) is 86.6 cm³/mol. The Morgan fingerprint density at radius 3 is 2.81 bits per heavy atom. The monoisotopic (exact) mass is 303 g/mol. The van der Waals surface area contributed by atoms with Gasteiger partial charge in [0.2, 0.25) is 0 Å². The minimum absolute atomic E-state index is 0.0335. The maximum Gasteiger partial charge on any atom is 0.188 e. The lowest BCUT2D eigenvalue weighted by atomic mass is 10.0. The average molecular weight is 303 g/mol. The van der Waals surface area contributed by atoms with Gasteiger partial charge in [-0.25, -0.2) is 9.97 Å². The van der Waals surface area contributed by atoms with Gasteiger partial charge < -0.3 is 10.5 Å². The third-order valence-corrected chi connectivity index (χ3v) is 4.57. The van der Waals surface area contributed by atoms with E-state index in [1.165, 1.54) is 0 Å². The van der Waals surface area contributed by atoms with Crippen LogP contribution in [0.2, 0.25) is 0 Å². The van der Waals surface area contributed by atoms with Gasteiger partial charge in [-0.3, -0.25) is 0 Å². The molecule has 21 heavy (non-hydrogen) atoms. The molecule has 2 N–H and O–H groups in total. The summed E-state index contributed by atoms with van der Waals surface area (Å²) in [4.78, 5) is 8.79. The van der Waals surface area contributed by atoms with Gasteiger partial charge in [-0.1, -0.05) is 30.8 Å². The van der Waals surface area contributed by atoms with E-state index in [0.29, 0.717) is 0 Å². The number of nitrogens with two attached hydrogens (primary N) is 1. The number of benzene rings is 1. The lowest BCUT2D eigenvalue weighted by Gasteiger charge is -2.22. The van der Waals surface area contributed by atoms with Gasteiger partial charge >= 0.3 is 0 Å². The Morgan fingerprint density at radius 1 is 1.33 bits per heavy atom. The van der Waals surface area contributed by atoms with Crippen molar-refractivity contribution in [2.45, 2.75) is 36.7 Å². The van der Waals surface area contributed by atoms with Gasteiger partial charge in [0.05, 0.1) is 12.4 Å². The van der Waals surface area contributed by atoms with E-state index in [0.717, 1.165) is 28.6 Å². The van der Waals surface area contributed by atoms with E-state index in [1.54, 1.807) is 25.1 Å². The van der Waals surface area contributed by atoms with Crippen molar-refractivity contribution in [2.75, 3.05) is 7.11 Å². The number of aryl methyl sites for hydroxylation is 1. The summed E-state index contributed by atoms with van der Waals surface area (Å²) in [5, 5.41) is 0.860. The zero-order chi connectivity index (χ0) is 15.2. The van der Waals surface area contributed by atoms with E-state index >= 15 is 0 Å². The molecule has 0 aliphatic carbocycles. The van der Waals surface area contributed by atoms with Crippen molar-refractivity contribution in [2.24, 2.45) is 5.73 Å². The first-order chi connectivity index (χ1) is 10.1. The number of ether oxygens (including phenoxy) is 1. The number of rotatable bonds is 6. The summed E-state index contributed by atoms with van der Waals surface area (Å²) in [5.41, 5.74) is 8.41. The number of thioether (sulfide) groups is 1. The maximum absolute atomic E-state index is 6.31. The van der Waals surface area contributed by atoms with Crippen LogP contribution in [0.3, 0.4) is 0 Å². The quantitative estimate of drug-likeness (QED) is 0.655. The molecule has 1 heterocycles. The zero-order valence-corrected chi connectivity index (χ0v) is 13.4. The molecule has 0 saturated carbocycles. The normalized spacial score (nSPS) is 13.7. The Balaban J connectivity index is 2.29.